The van der Waals surface area contributed by atoms with Crippen LogP contribution in [0.25, 0.3) is 0 Å². The lowest BCUT2D eigenvalue weighted by molar-refractivity contribution is -0.140. The summed E-state index contributed by atoms with van der Waals surface area (Å²) in [5, 5.41) is 11.8. The molecule has 0 aliphatic heterocycles. The zero-order valence-corrected chi connectivity index (χ0v) is 10.8. The summed E-state index contributed by atoms with van der Waals surface area (Å²) in [6.07, 6.45) is 0.729. The van der Waals surface area contributed by atoms with Crippen LogP contribution < -0.4 is 5.32 Å². The van der Waals surface area contributed by atoms with E-state index in [1.54, 1.807) is 7.11 Å². The van der Waals surface area contributed by atoms with Gasteiger partial charge < -0.3 is 15.2 Å². The molecule has 0 spiro atoms. The molecule has 5 nitrogen and oxygen atoms in total. The molecule has 0 saturated heterocycles. The molecule has 2 N–H and O–H groups in total. The number of methoxy groups -OCH3 is 1. The van der Waals surface area contributed by atoms with E-state index in [2.05, 4.69) is 5.32 Å². The summed E-state index contributed by atoms with van der Waals surface area (Å²) in [6.45, 7) is 6.10. The zero-order valence-electron chi connectivity index (χ0n) is 10.8. The second-order valence-corrected chi connectivity index (χ2v) is 5.31. The maximum absolute atomic E-state index is 11.9. The smallest absolute Gasteiger partial charge is 0.307 e. The Morgan fingerprint density at radius 2 is 2.00 bits per heavy atom. The summed E-state index contributed by atoms with van der Waals surface area (Å²) < 4.78 is 4.93. The summed E-state index contributed by atoms with van der Waals surface area (Å²) in [7, 11) is 1.61. The summed E-state index contributed by atoms with van der Waals surface area (Å²) >= 11 is 0. The minimum absolute atomic E-state index is 0.00768. The first-order valence-corrected chi connectivity index (χ1v) is 5.84. The van der Waals surface area contributed by atoms with Crippen LogP contribution in [0.5, 0.6) is 0 Å². The average molecular weight is 243 g/mol. The van der Waals surface area contributed by atoms with Crippen molar-refractivity contribution in [2.45, 2.75) is 33.2 Å². The molecule has 1 saturated carbocycles. The predicted molar refractivity (Wildman–Crippen MR) is 62.5 cm³/mol. The van der Waals surface area contributed by atoms with Crippen molar-refractivity contribution in [1.29, 1.82) is 0 Å². The minimum Gasteiger partial charge on any atom is -0.481 e. The molecule has 0 bridgehead atoms. The van der Waals surface area contributed by atoms with E-state index < -0.39 is 23.2 Å². The van der Waals surface area contributed by atoms with Crippen LogP contribution >= 0.6 is 0 Å². The molecule has 5 heteroatoms. The van der Waals surface area contributed by atoms with E-state index >= 15 is 0 Å². The molecule has 1 amide bonds. The van der Waals surface area contributed by atoms with Gasteiger partial charge >= 0.3 is 5.97 Å². The molecule has 1 fully saturated rings. The lowest BCUT2D eigenvalue weighted by Crippen LogP contribution is -2.35. The Kier molecular flexibility index (Phi) is 4.14. The van der Waals surface area contributed by atoms with Crippen LogP contribution in [-0.2, 0) is 14.3 Å². The normalized spacial score (nSPS) is 27.3. The molecule has 98 valence electrons. The van der Waals surface area contributed by atoms with Crippen LogP contribution in [-0.4, -0.2) is 36.7 Å². The van der Waals surface area contributed by atoms with Crippen molar-refractivity contribution in [2.75, 3.05) is 13.7 Å². The van der Waals surface area contributed by atoms with Crippen molar-refractivity contribution in [2.24, 2.45) is 17.3 Å². The Morgan fingerprint density at radius 1 is 1.41 bits per heavy atom. The molecular formula is C12H21NO4. The third kappa shape index (κ3) is 2.97. The number of amides is 1. The Labute approximate surface area is 102 Å². The number of nitrogens with one attached hydrogen (secondary N) is 1. The maximum Gasteiger partial charge on any atom is 0.307 e. The van der Waals surface area contributed by atoms with Gasteiger partial charge in [0.2, 0.25) is 5.91 Å². The van der Waals surface area contributed by atoms with Crippen molar-refractivity contribution < 1.29 is 19.4 Å². The van der Waals surface area contributed by atoms with Gasteiger partial charge in [0.1, 0.15) is 0 Å². The van der Waals surface area contributed by atoms with Gasteiger partial charge in [-0.05, 0) is 18.8 Å². The van der Waals surface area contributed by atoms with Crippen molar-refractivity contribution in [3.8, 4) is 0 Å². The molecule has 1 aliphatic carbocycles. The van der Waals surface area contributed by atoms with Gasteiger partial charge in [0, 0.05) is 19.8 Å². The van der Waals surface area contributed by atoms with Crippen molar-refractivity contribution in [1.82, 2.24) is 5.32 Å². The van der Waals surface area contributed by atoms with Gasteiger partial charge in [0.25, 0.3) is 0 Å². The fraction of sp³-hybridized carbons (Fsp3) is 0.833. The van der Waals surface area contributed by atoms with E-state index in [-0.39, 0.29) is 11.9 Å². The van der Waals surface area contributed by atoms with Gasteiger partial charge in [-0.1, -0.05) is 13.8 Å². The lowest BCUT2D eigenvalue weighted by Gasteiger charge is -2.13. The van der Waals surface area contributed by atoms with Gasteiger partial charge in [-0.15, -0.1) is 0 Å². The predicted octanol–water partition coefficient (Wildman–Crippen LogP) is 0.884. The number of aliphatic carboxylic acids is 1. The molecule has 3 atom stereocenters. The number of carbonyl (C=O) groups excluding carboxylic acids is 1. The van der Waals surface area contributed by atoms with E-state index in [4.69, 9.17) is 9.84 Å². The highest BCUT2D eigenvalue weighted by Gasteiger charge is 2.65. The van der Waals surface area contributed by atoms with E-state index in [9.17, 15) is 9.59 Å². The lowest BCUT2D eigenvalue weighted by atomic mass is 10.1. The molecule has 1 aliphatic rings. The Morgan fingerprint density at radius 3 is 2.41 bits per heavy atom. The van der Waals surface area contributed by atoms with E-state index in [0.29, 0.717) is 6.61 Å². The minimum atomic E-state index is -0.889. The molecule has 1 rings (SSSR count). The number of rotatable bonds is 6. The van der Waals surface area contributed by atoms with Crippen molar-refractivity contribution >= 4 is 11.9 Å². The molecule has 0 aromatic heterocycles. The van der Waals surface area contributed by atoms with Gasteiger partial charge in [0.15, 0.2) is 0 Å². The van der Waals surface area contributed by atoms with E-state index in [0.717, 1.165) is 6.42 Å². The SMILES string of the molecule is COCCC(C)NC(=O)[C@H]1[C@@H](C(=O)O)C1(C)C. The first-order valence-electron chi connectivity index (χ1n) is 5.84. The highest BCUT2D eigenvalue weighted by atomic mass is 16.5. The molecule has 0 heterocycles. The fourth-order valence-corrected chi connectivity index (χ4v) is 2.29. The Balaban J connectivity index is 2.47. The van der Waals surface area contributed by atoms with Gasteiger partial charge in [-0.25, -0.2) is 0 Å². The quantitative estimate of drug-likeness (QED) is 0.726. The third-order valence-electron chi connectivity index (χ3n) is 3.52. The molecule has 0 aromatic rings. The van der Waals surface area contributed by atoms with Crippen LogP contribution in [0.1, 0.15) is 27.2 Å². The van der Waals surface area contributed by atoms with Crippen LogP contribution in [0.2, 0.25) is 0 Å². The largest absolute Gasteiger partial charge is 0.481 e. The van der Waals surface area contributed by atoms with Crippen LogP contribution in [0.3, 0.4) is 0 Å². The van der Waals surface area contributed by atoms with Gasteiger partial charge in [-0.2, -0.15) is 0 Å². The highest BCUT2D eigenvalue weighted by molar-refractivity contribution is 5.91. The molecule has 0 aromatic carbocycles. The molecule has 17 heavy (non-hydrogen) atoms. The topological polar surface area (TPSA) is 75.6 Å². The Bertz CT molecular complexity index is 314. The average Bonchev–Trinajstić information content (AvgIpc) is 2.78. The standard InChI is InChI=1S/C12H21NO4/c1-7(5-6-17-4)13-10(14)8-9(11(15)16)12(8,2)3/h7-9H,5-6H2,1-4H3,(H,13,14)(H,15,16)/t7?,8-,9+/m1/s1. The maximum atomic E-state index is 11.9. The first kappa shape index (κ1) is 14.0. The van der Waals surface area contributed by atoms with Crippen molar-refractivity contribution in [3.05, 3.63) is 0 Å². The number of carboxylic acids is 1. The second-order valence-electron chi connectivity index (χ2n) is 5.31. The number of carboxylic acid groups (broad SMARTS) is 1. The molecule has 0 radical (unpaired) electrons. The van der Waals surface area contributed by atoms with Crippen LogP contribution in [0.4, 0.5) is 0 Å². The second kappa shape index (κ2) is 5.04. The monoisotopic (exact) mass is 243 g/mol. The number of hydrogen-bond acceptors (Lipinski definition) is 3. The van der Waals surface area contributed by atoms with Gasteiger partial charge in [0.05, 0.1) is 11.8 Å². The van der Waals surface area contributed by atoms with Crippen LogP contribution in [0.15, 0.2) is 0 Å². The third-order valence-corrected chi connectivity index (χ3v) is 3.52. The summed E-state index contributed by atoms with van der Waals surface area (Å²) in [6, 6.07) is 0.00768. The van der Waals surface area contributed by atoms with Crippen LogP contribution in [0, 0.1) is 17.3 Å². The van der Waals surface area contributed by atoms with E-state index in [1.807, 2.05) is 20.8 Å². The summed E-state index contributed by atoms with van der Waals surface area (Å²) in [4.78, 5) is 22.8. The van der Waals surface area contributed by atoms with E-state index in [1.165, 1.54) is 0 Å². The Hall–Kier alpha value is -1.10. The number of carbonyl (C=O) groups is 2. The van der Waals surface area contributed by atoms with Crippen molar-refractivity contribution in [3.63, 3.8) is 0 Å². The molecular weight excluding hydrogens is 222 g/mol. The highest BCUT2D eigenvalue weighted by Crippen LogP contribution is 2.58. The fourth-order valence-electron chi connectivity index (χ4n) is 2.29. The number of ether oxygens (including phenoxy) is 1. The zero-order chi connectivity index (χ0) is 13.2. The van der Waals surface area contributed by atoms with Gasteiger partial charge in [-0.3, -0.25) is 9.59 Å². The number of hydrogen-bond donors (Lipinski definition) is 2. The summed E-state index contributed by atoms with van der Waals surface area (Å²) in [5.41, 5.74) is -0.434. The summed E-state index contributed by atoms with van der Waals surface area (Å²) in [5.74, 6) is -2.02. The molecule has 1 unspecified atom stereocenters. The first-order chi connectivity index (χ1) is 7.82.